The summed E-state index contributed by atoms with van der Waals surface area (Å²) in [5, 5.41) is 0. The smallest absolute Gasteiger partial charge is 0.425 e. The van der Waals surface area contributed by atoms with Gasteiger partial charge in [-0.15, -0.1) is 0 Å². The Balaban J connectivity index is 1.74. The number of benzene rings is 3. The monoisotopic (exact) mass is 444 g/mol. The zero-order valence-electron chi connectivity index (χ0n) is 17.3. The average molecular weight is 444 g/mol. The highest BCUT2D eigenvalue weighted by Crippen LogP contribution is 2.31. The lowest BCUT2D eigenvalue weighted by Gasteiger charge is -2.14. The maximum Gasteiger partial charge on any atom is 0.425 e. The number of hydrogen-bond acceptors (Lipinski definition) is 1. The van der Waals surface area contributed by atoms with Crippen LogP contribution in [0.1, 0.15) is 18.9 Å². The van der Waals surface area contributed by atoms with E-state index in [9.17, 15) is 22.0 Å². The Morgan fingerprint density at radius 3 is 2.09 bits per heavy atom. The van der Waals surface area contributed by atoms with Crippen LogP contribution in [-0.2, 0) is 6.42 Å². The van der Waals surface area contributed by atoms with E-state index in [1.54, 1.807) is 12.1 Å². The summed E-state index contributed by atoms with van der Waals surface area (Å²) >= 11 is 0. The summed E-state index contributed by atoms with van der Waals surface area (Å²) in [6, 6.07) is 17.8. The number of hydrogen-bond donors (Lipinski definition) is 0. The molecule has 0 aliphatic rings. The molecule has 0 heterocycles. The second-order valence-electron chi connectivity index (χ2n) is 7.12. The molecule has 0 aromatic heterocycles. The van der Waals surface area contributed by atoms with Gasteiger partial charge in [-0.1, -0.05) is 60.7 Å². The first-order chi connectivity index (χ1) is 15.3. The van der Waals surface area contributed by atoms with Gasteiger partial charge in [0.2, 0.25) is 0 Å². The van der Waals surface area contributed by atoms with Crippen molar-refractivity contribution in [1.29, 1.82) is 0 Å². The van der Waals surface area contributed by atoms with E-state index < -0.39 is 24.1 Å². The topological polar surface area (TPSA) is 9.23 Å². The molecule has 0 bridgehead atoms. The van der Waals surface area contributed by atoms with E-state index in [1.165, 1.54) is 35.9 Å². The highest BCUT2D eigenvalue weighted by molar-refractivity contribution is 5.71. The van der Waals surface area contributed by atoms with Gasteiger partial charge < -0.3 is 4.74 Å². The van der Waals surface area contributed by atoms with Crippen LogP contribution in [0, 0.1) is 5.82 Å². The Hall–Kier alpha value is -3.41. The first-order valence-corrected chi connectivity index (χ1v) is 9.98. The van der Waals surface area contributed by atoms with E-state index in [0.717, 1.165) is 18.4 Å². The minimum absolute atomic E-state index is 0.282. The molecule has 1 nitrogen and oxygen atoms in total. The molecule has 0 aliphatic carbocycles. The number of allylic oxidation sites excluding steroid dienone is 2. The molecule has 32 heavy (non-hydrogen) atoms. The van der Waals surface area contributed by atoms with Crippen molar-refractivity contribution >= 4 is 0 Å². The molecule has 3 rings (SSSR count). The summed E-state index contributed by atoms with van der Waals surface area (Å²) in [6.45, 7) is 1.98. The zero-order valence-corrected chi connectivity index (χ0v) is 17.3. The average Bonchev–Trinajstić information content (AvgIpc) is 2.74. The molecule has 0 saturated heterocycles. The zero-order chi connectivity index (χ0) is 23.1. The fourth-order valence-corrected chi connectivity index (χ4v) is 3.23. The van der Waals surface area contributed by atoms with Gasteiger partial charge in [0.05, 0.1) is 6.08 Å². The summed E-state index contributed by atoms with van der Waals surface area (Å²) in [5.41, 5.74) is 3.51. The van der Waals surface area contributed by atoms with Crippen LogP contribution in [-0.4, -0.2) is 6.11 Å². The molecule has 0 aliphatic heterocycles. The van der Waals surface area contributed by atoms with Crippen LogP contribution in [0.3, 0.4) is 0 Å². The number of halogens is 5. The number of alkyl halides is 2. The standard InChI is InChI=1S/C26H21F5O/c1-2-3-4-5-18-6-8-19(9-7-18)21-12-15-23(24(27)16-21)20-10-13-22(14-11-20)32-26(30,31)17-25(28)29/h2-3,6-17H,4-5H2,1H3/b3-2+. The van der Waals surface area contributed by atoms with Gasteiger partial charge in [-0.25, -0.2) is 4.39 Å². The van der Waals surface area contributed by atoms with E-state index in [1.807, 2.05) is 37.3 Å². The molecular formula is C26H21F5O. The molecule has 0 radical (unpaired) electrons. The summed E-state index contributed by atoms with van der Waals surface area (Å²) in [5.74, 6) is -0.788. The Labute approximate surface area is 183 Å². The van der Waals surface area contributed by atoms with Crippen LogP contribution in [0.2, 0.25) is 0 Å². The van der Waals surface area contributed by atoms with Crippen LogP contribution in [0.25, 0.3) is 22.3 Å². The van der Waals surface area contributed by atoms with E-state index in [-0.39, 0.29) is 11.3 Å². The molecule has 6 heteroatoms. The fraction of sp³-hybridized carbons (Fsp3) is 0.154. The van der Waals surface area contributed by atoms with E-state index >= 15 is 0 Å². The SMILES string of the molecule is C/C=C/CCc1ccc(-c2ccc(-c3ccc(OC(F)(F)C=C(F)F)cc3)c(F)c2)cc1. The summed E-state index contributed by atoms with van der Waals surface area (Å²) in [6.07, 6.45) is -1.25. The number of rotatable bonds is 8. The first kappa shape index (κ1) is 23.3. The van der Waals surface area contributed by atoms with Crippen molar-refractivity contribution in [3.8, 4) is 28.0 Å². The third-order valence-corrected chi connectivity index (χ3v) is 4.79. The summed E-state index contributed by atoms with van der Waals surface area (Å²) in [7, 11) is 0. The molecule has 0 unspecified atom stereocenters. The van der Waals surface area contributed by atoms with Crippen LogP contribution in [0.15, 0.2) is 91.0 Å². The molecule has 0 saturated carbocycles. The highest BCUT2D eigenvalue weighted by atomic mass is 19.3. The molecule has 0 N–H and O–H groups in total. The van der Waals surface area contributed by atoms with Crippen molar-refractivity contribution in [2.75, 3.05) is 0 Å². The summed E-state index contributed by atoms with van der Waals surface area (Å²) in [4.78, 5) is 0. The largest absolute Gasteiger partial charge is 0.429 e. The maximum absolute atomic E-state index is 14.8. The van der Waals surface area contributed by atoms with Gasteiger partial charge in [0.25, 0.3) is 6.08 Å². The number of aryl methyl sites for hydroxylation is 1. The van der Waals surface area contributed by atoms with Crippen LogP contribution in [0.5, 0.6) is 5.75 Å². The van der Waals surface area contributed by atoms with Crippen molar-refractivity contribution < 1.29 is 26.7 Å². The highest BCUT2D eigenvalue weighted by Gasteiger charge is 2.30. The van der Waals surface area contributed by atoms with Crippen molar-refractivity contribution in [2.45, 2.75) is 25.9 Å². The van der Waals surface area contributed by atoms with Crippen LogP contribution < -0.4 is 4.74 Å². The lowest BCUT2D eigenvalue weighted by Crippen LogP contribution is -2.21. The minimum atomic E-state index is -4.14. The summed E-state index contributed by atoms with van der Waals surface area (Å²) < 4.78 is 69.8. The van der Waals surface area contributed by atoms with E-state index in [2.05, 4.69) is 10.8 Å². The van der Waals surface area contributed by atoms with Gasteiger partial charge in [-0.3, -0.25) is 0 Å². The second kappa shape index (κ2) is 10.3. The lowest BCUT2D eigenvalue weighted by atomic mass is 9.98. The normalized spacial score (nSPS) is 11.6. The van der Waals surface area contributed by atoms with E-state index in [0.29, 0.717) is 11.1 Å². The molecule has 166 valence electrons. The molecule has 0 spiro atoms. The van der Waals surface area contributed by atoms with Gasteiger partial charge in [0.15, 0.2) is 0 Å². The molecule has 0 fully saturated rings. The van der Waals surface area contributed by atoms with Gasteiger partial charge >= 0.3 is 6.11 Å². The van der Waals surface area contributed by atoms with Gasteiger partial charge in [0.1, 0.15) is 11.6 Å². The van der Waals surface area contributed by atoms with Crippen molar-refractivity contribution in [3.63, 3.8) is 0 Å². The Morgan fingerprint density at radius 1 is 0.875 bits per heavy atom. The van der Waals surface area contributed by atoms with Gasteiger partial charge in [-0.05, 0) is 60.2 Å². The Morgan fingerprint density at radius 2 is 1.50 bits per heavy atom. The first-order valence-electron chi connectivity index (χ1n) is 9.98. The van der Waals surface area contributed by atoms with Crippen LogP contribution in [0.4, 0.5) is 22.0 Å². The van der Waals surface area contributed by atoms with Crippen molar-refractivity contribution in [1.82, 2.24) is 0 Å². The van der Waals surface area contributed by atoms with Crippen LogP contribution >= 0.6 is 0 Å². The molecule has 0 amide bonds. The Kier molecular flexibility index (Phi) is 7.46. The quantitative estimate of drug-likeness (QED) is 0.250. The molecular weight excluding hydrogens is 423 g/mol. The van der Waals surface area contributed by atoms with Gasteiger partial charge in [-0.2, -0.15) is 17.6 Å². The maximum atomic E-state index is 14.8. The van der Waals surface area contributed by atoms with Crippen molar-refractivity contribution in [2.24, 2.45) is 0 Å². The van der Waals surface area contributed by atoms with E-state index in [4.69, 9.17) is 0 Å². The minimum Gasteiger partial charge on any atom is -0.429 e. The third kappa shape index (κ3) is 6.30. The second-order valence-corrected chi connectivity index (χ2v) is 7.12. The van der Waals surface area contributed by atoms with Crippen molar-refractivity contribution in [3.05, 3.63) is 102 Å². The third-order valence-electron chi connectivity index (χ3n) is 4.79. The molecule has 0 atom stereocenters. The fourth-order valence-electron chi connectivity index (χ4n) is 3.23. The van der Waals surface area contributed by atoms with Gasteiger partial charge in [0, 0.05) is 5.56 Å². The molecule has 3 aromatic rings. The Bertz CT molecular complexity index is 1100. The number of ether oxygens (including phenoxy) is 1. The predicted octanol–water partition coefficient (Wildman–Crippen LogP) is 8.42. The molecule has 3 aromatic carbocycles. The predicted molar refractivity (Wildman–Crippen MR) is 116 cm³/mol. The lowest BCUT2D eigenvalue weighted by molar-refractivity contribution is -0.133.